The summed E-state index contributed by atoms with van der Waals surface area (Å²) in [5, 5.41) is 13.2. The van der Waals surface area contributed by atoms with Gasteiger partial charge in [0.15, 0.2) is 9.84 Å². The second-order valence-electron chi connectivity index (χ2n) is 3.69. The van der Waals surface area contributed by atoms with Gasteiger partial charge in [-0.15, -0.1) is 0 Å². The van der Waals surface area contributed by atoms with Gasteiger partial charge in [-0.25, -0.2) is 12.8 Å². The molecule has 1 heterocycles. The van der Waals surface area contributed by atoms with Gasteiger partial charge in [0.1, 0.15) is 22.2 Å². The molecule has 2 aromatic rings. The third-order valence-electron chi connectivity index (χ3n) is 2.25. The third-order valence-corrected chi connectivity index (χ3v) is 3.37. The summed E-state index contributed by atoms with van der Waals surface area (Å²) in [7, 11) is -3.75. The number of hydrogen-bond donors (Lipinski definition) is 2. The van der Waals surface area contributed by atoms with Crippen LogP contribution in [-0.2, 0) is 9.84 Å². The van der Waals surface area contributed by atoms with Crippen molar-refractivity contribution >= 4 is 15.7 Å². The van der Waals surface area contributed by atoms with Crippen LogP contribution in [0.2, 0.25) is 0 Å². The van der Waals surface area contributed by atoms with E-state index in [0.717, 1.165) is 18.4 Å². The summed E-state index contributed by atoms with van der Waals surface area (Å²) in [5.41, 5.74) is 5.42. The second-order valence-corrected chi connectivity index (χ2v) is 5.67. The van der Waals surface area contributed by atoms with Gasteiger partial charge < -0.3 is 15.4 Å². The van der Waals surface area contributed by atoms with Gasteiger partial charge in [0.05, 0.1) is 0 Å². The Labute approximate surface area is 102 Å². The van der Waals surface area contributed by atoms with E-state index < -0.39 is 26.3 Å². The number of aromatic hydroxyl groups is 1. The molecule has 0 amide bonds. The Morgan fingerprint density at radius 1 is 1.39 bits per heavy atom. The predicted molar refractivity (Wildman–Crippen MR) is 61.1 cm³/mol. The van der Waals surface area contributed by atoms with E-state index in [-0.39, 0.29) is 17.1 Å². The zero-order valence-electron chi connectivity index (χ0n) is 9.21. The molecule has 0 saturated carbocycles. The number of anilines is 1. The van der Waals surface area contributed by atoms with Gasteiger partial charge in [-0.1, -0.05) is 5.16 Å². The minimum atomic E-state index is -3.75. The number of phenols is 1. The summed E-state index contributed by atoms with van der Waals surface area (Å²) in [6.45, 7) is 0. The van der Waals surface area contributed by atoms with Crippen LogP contribution in [0, 0.1) is 5.82 Å². The first-order valence-electron chi connectivity index (χ1n) is 4.74. The van der Waals surface area contributed by atoms with Crippen LogP contribution in [0.5, 0.6) is 5.75 Å². The smallest absolute Gasteiger partial charge is 0.222 e. The lowest BCUT2D eigenvalue weighted by Gasteiger charge is -2.05. The Morgan fingerprint density at radius 2 is 2.06 bits per heavy atom. The number of nitrogens with zero attached hydrogens (tertiary/aromatic N) is 1. The zero-order valence-corrected chi connectivity index (χ0v) is 10.0. The molecule has 0 saturated heterocycles. The molecule has 0 atom stereocenters. The van der Waals surface area contributed by atoms with Crippen LogP contribution in [-0.4, -0.2) is 24.9 Å². The van der Waals surface area contributed by atoms with Crippen molar-refractivity contribution in [3.63, 3.8) is 0 Å². The zero-order chi connectivity index (χ0) is 13.5. The van der Waals surface area contributed by atoms with Crippen LogP contribution in [0.25, 0.3) is 11.3 Å². The summed E-state index contributed by atoms with van der Waals surface area (Å²) < 4.78 is 40.7. The van der Waals surface area contributed by atoms with E-state index in [1.807, 2.05) is 0 Å². The Balaban J connectivity index is 2.64. The Kier molecular flexibility index (Phi) is 2.74. The van der Waals surface area contributed by atoms with Crippen LogP contribution in [0.3, 0.4) is 0 Å². The molecule has 1 aromatic heterocycles. The van der Waals surface area contributed by atoms with E-state index >= 15 is 0 Å². The Bertz CT molecular complexity index is 709. The molecule has 0 bridgehead atoms. The van der Waals surface area contributed by atoms with E-state index in [0.29, 0.717) is 0 Å². The maximum Gasteiger partial charge on any atom is 0.222 e. The summed E-state index contributed by atoms with van der Waals surface area (Å²) in [4.78, 5) is -0.583. The Morgan fingerprint density at radius 3 is 2.56 bits per heavy atom. The quantitative estimate of drug-likeness (QED) is 0.850. The van der Waals surface area contributed by atoms with Crippen LogP contribution in [0.15, 0.2) is 27.6 Å². The van der Waals surface area contributed by atoms with Crippen LogP contribution >= 0.6 is 0 Å². The predicted octanol–water partition coefficient (Wildman–Crippen LogP) is 1.17. The number of sulfone groups is 1. The fourth-order valence-corrected chi connectivity index (χ4v) is 2.19. The van der Waals surface area contributed by atoms with Crippen molar-refractivity contribution in [3.8, 4) is 17.0 Å². The number of rotatable bonds is 2. The largest absolute Gasteiger partial charge is 0.507 e. The molecule has 1 aromatic carbocycles. The van der Waals surface area contributed by atoms with Gasteiger partial charge >= 0.3 is 0 Å². The molecular weight excluding hydrogens is 263 g/mol. The molecule has 0 aliphatic carbocycles. The molecule has 6 nitrogen and oxygen atoms in total. The van der Waals surface area contributed by atoms with Crippen LogP contribution in [0.4, 0.5) is 10.3 Å². The molecule has 0 spiro atoms. The highest BCUT2D eigenvalue weighted by Crippen LogP contribution is 2.33. The lowest BCUT2D eigenvalue weighted by atomic mass is 10.1. The molecule has 8 heteroatoms. The van der Waals surface area contributed by atoms with E-state index in [1.165, 1.54) is 6.07 Å². The number of phenolic OH excluding ortho intramolecular Hbond substituents is 1. The highest BCUT2D eigenvalue weighted by Gasteiger charge is 2.19. The second kappa shape index (κ2) is 3.98. The highest BCUT2D eigenvalue weighted by molar-refractivity contribution is 7.90. The molecular formula is C10H9FN2O4S. The van der Waals surface area contributed by atoms with Crippen molar-refractivity contribution in [2.24, 2.45) is 0 Å². The monoisotopic (exact) mass is 272 g/mol. The average molecular weight is 272 g/mol. The molecule has 0 aliphatic rings. The first kappa shape index (κ1) is 12.4. The summed E-state index contributed by atoms with van der Waals surface area (Å²) >= 11 is 0. The summed E-state index contributed by atoms with van der Waals surface area (Å²) in [6.07, 6.45) is 0.846. The van der Waals surface area contributed by atoms with Crippen molar-refractivity contribution in [1.29, 1.82) is 0 Å². The van der Waals surface area contributed by atoms with Gasteiger partial charge in [0, 0.05) is 24.0 Å². The summed E-state index contributed by atoms with van der Waals surface area (Å²) in [6, 6.07) is 2.97. The van der Waals surface area contributed by atoms with Crippen molar-refractivity contribution < 1.29 is 22.4 Å². The van der Waals surface area contributed by atoms with Crippen molar-refractivity contribution in [2.45, 2.75) is 4.90 Å². The molecule has 18 heavy (non-hydrogen) atoms. The molecule has 0 radical (unpaired) electrons. The molecule has 2 rings (SSSR count). The first-order chi connectivity index (χ1) is 8.29. The molecule has 96 valence electrons. The van der Waals surface area contributed by atoms with Crippen molar-refractivity contribution in [2.75, 3.05) is 12.0 Å². The van der Waals surface area contributed by atoms with Gasteiger partial charge in [0.25, 0.3) is 0 Å². The van der Waals surface area contributed by atoms with E-state index in [1.54, 1.807) is 0 Å². The maximum absolute atomic E-state index is 13.6. The van der Waals surface area contributed by atoms with Crippen LogP contribution < -0.4 is 5.73 Å². The molecule has 0 aliphatic heterocycles. The Hall–Kier alpha value is -2.09. The number of halogens is 1. The standard InChI is InChI=1S/C10H9FN2O4S/c1-18(15,16)9-4-8(14)5(2-6(9)11)7-3-10(12)17-13-7/h2-4,14H,12H2,1H3. The maximum atomic E-state index is 13.6. The molecule has 3 N–H and O–H groups in total. The molecule has 0 unspecified atom stereocenters. The first-order valence-corrected chi connectivity index (χ1v) is 6.63. The van der Waals surface area contributed by atoms with Crippen LogP contribution in [0.1, 0.15) is 0 Å². The van der Waals surface area contributed by atoms with Crippen molar-refractivity contribution in [1.82, 2.24) is 5.16 Å². The lowest BCUT2D eigenvalue weighted by molar-refractivity contribution is 0.436. The van der Waals surface area contributed by atoms with Gasteiger partial charge in [-0.2, -0.15) is 0 Å². The molecule has 0 fully saturated rings. The third kappa shape index (κ3) is 2.14. The lowest BCUT2D eigenvalue weighted by Crippen LogP contribution is -2.01. The number of benzene rings is 1. The SMILES string of the molecule is CS(=O)(=O)c1cc(O)c(-c2cc(N)on2)cc1F. The number of aromatic nitrogens is 1. The fraction of sp³-hybridized carbons (Fsp3) is 0.100. The summed E-state index contributed by atoms with van der Waals surface area (Å²) in [5.74, 6) is -1.41. The number of nitrogens with two attached hydrogens (primary N) is 1. The van der Waals surface area contributed by atoms with E-state index in [2.05, 4.69) is 9.68 Å². The highest BCUT2D eigenvalue weighted by atomic mass is 32.2. The fourth-order valence-electron chi connectivity index (χ4n) is 1.45. The minimum absolute atomic E-state index is 0.000324. The van der Waals surface area contributed by atoms with E-state index in [4.69, 9.17) is 5.73 Å². The van der Waals surface area contributed by atoms with Gasteiger partial charge in [-0.3, -0.25) is 0 Å². The minimum Gasteiger partial charge on any atom is -0.507 e. The van der Waals surface area contributed by atoms with Crippen molar-refractivity contribution in [3.05, 3.63) is 24.0 Å². The van der Waals surface area contributed by atoms with Gasteiger partial charge in [0.2, 0.25) is 5.88 Å². The van der Waals surface area contributed by atoms with E-state index in [9.17, 15) is 17.9 Å². The number of hydrogen-bond acceptors (Lipinski definition) is 6. The number of nitrogen functional groups attached to an aromatic ring is 1. The topological polar surface area (TPSA) is 106 Å². The average Bonchev–Trinajstić information content (AvgIpc) is 2.66. The van der Waals surface area contributed by atoms with Gasteiger partial charge in [-0.05, 0) is 6.07 Å². The normalized spacial score (nSPS) is 11.7.